The van der Waals surface area contributed by atoms with Crippen LogP contribution >= 0.6 is 0 Å². The van der Waals surface area contributed by atoms with Crippen molar-refractivity contribution in [3.05, 3.63) is 18.0 Å². The summed E-state index contributed by atoms with van der Waals surface area (Å²) >= 11 is 0. The standard InChI is InChI=1S/C14H23N3O2/c1-3-6-16-9-11(15)8-13(16)14(18)17-7-4-5-12(10-17)19-2/h8-9,12H,3-7,10,15H2,1-2H3. The third-order valence-electron chi connectivity index (χ3n) is 3.60. The van der Waals surface area contributed by atoms with Crippen LogP contribution in [-0.2, 0) is 11.3 Å². The van der Waals surface area contributed by atoms with Crippen molar-refractivity contribution in [2.75, 3.05) is 25.9 Å². The second-order valence-electron chi connectivity index (χ2n) is 5.10. The number of piperidine rings is 1. The summed E-state index contributed by atoms with van der Waals surface area (Å²) in [6.45, 7) is 4.38. The van der Waals surface area contributed by atoms with Gasteiger partial charge < -0.3 is 19.9 Å². The Morgan fingerprint density at radius 3 is 3.05 bits per heavy atom. The van der Waals surface area contributed by atoms with Crippen LogP contribution < -0.4 is 5.73 Å². The Hall–Kier alpha value is -1.49. The van der Waals surface area contributed by atoms with Crippen molar-refractivity contribution in [2.45, 2.75) is 38.8 Å². The number of hydrogen-bond donors (Lipinski definition) is 1. The minimum atomic E-state index is 0.0619. The molecule has 1 atom stereocenters. The van der Waals surface area contributed by atoms with E-state index >= 15 is 0 Å². The second kappa shape index (κ2) is 6.10. The van der Waals surface area contributed by atoms with E-state index in [1.807, 2.05) is 15.7 Å². The van der Waals surface area contributed by atoms with Crippen molar-refractivity contribution in [1.29, 1.82) is 0 Å². The first-order valence-corrected chi connectivity index (χ1v) is 6.93. The molecular formula is C14H23N3O2. The summed E-state index contributed by atoms with van der Waals surface area (Å²) in [6.07, 6.45) is 5.00. The third kappa shape index (κ3) is 3.10. The zero-order chi connectivity index (χ0) is 13.8. The van der Waals surface area contributed by atoms with Crippen molar-refractivity contribution in [1.82, 2.24) is 9.47 Å². The van der Waals surface area contributed by atoms with E-state index < -0.39 is 0 Å². The van der Waals surface area contributed by atoms with Crippen LogP contribution in [0.5, 0.6) is 0 Å². The molecule has 0 spiro atoms. The van der Waals surface area contributed by atoms with Crippen LogP contribution in [0.1, 0.15) is 36.7 Å². The second-order valence-corrected chi connectivity index (χ2v) is 5.10. The molecule has 1 amide bonds. The SMILES string of the molecule is CCCn1cc(N)cc1C(=O)N1CCCC(OC)C1. The Bertz CT molecular complexity index is 442. The maximum atomic E-state index is 12.6. The summed E-state index contributed by atoms with van der Waals surface area (Å²) in [7, 11) is 1.70. The number of nitrogen functional groups attached to an aromatic ring is 1. The molecule has 0 aromatic carbocycles. The normalized spacial score (nSPS) is 19.7. The molecule has 2 rings (SSSR count). The van der Waals surface area contributed by atoms with E-state index in [1.54, 1.807) is 13.2 Å². The lowest BCUT2D eigenvalue weighted by atomic mass is 10.1. The predicted molar refractivity (Wildman–Crippen MR) is 75.1 cm³/mol. The molecule has 5 nitrogen and oxygen atoms in total. The minimum Gasteiger partial charge on any atom is -0.397 e. The molecule has 1 aromatic rings. The maximum absolute atomic E-state index is 12.6. The van der Waals surface area contributed by atoms with Crippen molar-refractivity contribution in [2.24, 2.45) is 0 Å². The number of hydrogen-bond acceptors (Lipinski definition) is 3. The zero-order valence-electron chi connectivity index (χ0n) is 11.8. The third-order valence-corrected chi connectivity index (χ3v) is 3.60. The van der Waals surface area contributed by atoms with Gasteiger partial charge in [0.1, 0.15) is 5.69 Å². The van der Waals surface area contributed by atoms with Gasteiger partial charge in [-0.15, -0.1) is 0 Å². The Morgan fingerprint density at radius 2 is 2.37 bits per heavy atom. The number of rotatable bonds is 4. The zero-order valence-corrected chi connectivity index (χ0v) is 11.8. The molecule has 1 aliphatic heterocycles. The van der Waals surface area contributed by atoms with Gasteiger partial charge in [-0.25, -0.2) is 0 Å². The smallest absolute Gasteiger partial charge is 0.270 e. The van der Waals surface area contributed by atoms with Crippen LogP contribution in [0.15, 0.2) is 12.3 Å². The number of carbonyl (C=O) groups is 1. The van der Waals surface area contributed by atoms with Crippen molar-refractivity contribution >= 4 is 11.6 Å². The van der Waals surface area contributed by atoms with Crippen LogP contribution in [-0.4, -0.2) is 41.7 Å². The summed E-state index contributed by atoms with van der Waals surface area (Å²) < 4.78 is 7.32. The highest BCUT2D eigenvalue weighted by atomic mass is 16.5. The molecule has 5 heteroatoms. The Labute approximate surface area is 114 Å². The number of carbonyl (C=O) groups excluding carboxylic acids is 1. The molecule has 0 aliphatic carbocycles. The highest BCUT2D eigenvalue weighted by molar-refractivity contribution is 5.94. The summed E-state index contributed by atoms with van der Waals surface area (Å²) in [5.74, 6) is 0.0619. The van der Waals surface area contributed by atoms with Crippen LogP contribution in [0.4, 0.5) is 5.69 Å². The van der Waals surface area contributed by atoms with E-state index in [-0.39, 0.29) is 12.0 Å². The summed E-state index contributed by atoms with van der Waals surface area (Å²) in [5.41, 5.74) is 7.16. The van der Waals surface area contributed by atoms with Crippen LogP contribution in [0.25, 0.3) is 0 Å². The molecule has 0 radical (unpaired) electrons. The topological polar surface area (TPSA) is 60.5 Å². The molecule has 2 N–H and O–H groups in total. The van der Waals surface area contributed by atoms with Gasteiger partial charge in [-0.05, 0) is 25.3 Å². The number of methoxy groups -OCH3 is 1. The predicted octanol–water partition coefficient (Wildman–Crippen LogP) is 1.73. The van der Waals surface area contributed by atoms with Crippen LogP contribution in [0, 0.1) is 0 Å². The fourth-order valence-electron chi connectivity index (χ4n) is 2.62. The number of nitrogens with zero attached hydrogens (tertiary/aromatic N) is 2. The number of amides is 1. The monoisotopic (exact) mass is 265 g/mol. The average Bonchev–Trinajstić information content (AvgIpc) is 2.79. The van der Waals surface area contributed by atoms with E-state index in [9.17, 15) is 4.79 Å². The number of likely N-dealkylation sites (tertiary alicyclic amines) is 1. The molecule has 1 fully saturated rings. The molecule has 106 valence electrons. The van der Waals surface area contributed by atoms with Crippen LogP contribution in [0.2, 0.25) is 0 Å². The summed E-state index contributed by atoms with van der Waals surface area (Å²) in [5, 5.41) is 0. The molecule has 2 heterocycles. The van der Waals surface area contributed by atoms with E-state index in [0.29, 0.717) is 17.9 Å². The summed E-state index contributed by atoms with van der Waals surface area (Å²) in [6, 6.07) is 1.77. The lowest BCUT2D eigenvalue weighted by molar-refractivity contribution is 0.0263. The van der Waals surface area contributed by atoms with E-state index in [1.165, 1.54) is 0 Å². The highest BCUT2D eigenvalue weighted by Crippen LogP contribution is 2.18. The van der Waals surface area contributed by atoms with Gasteiger partial charge >= 0.3 is 0 Å². The maximum Gasteiger partial charge on any atom is 0.270 e. The first-order chi connectivity index (χ1) is 9.15. The molecule has 1 unspecified atom stereocenters. The average molecular weight is 265 g/mol. The lowest BCUT2D eigenvalue weighted by Gasteiger charge is -2.32. The number of anilines is 1. The van der Waals surface area contributed by atoms with Crippen molar-refractivity contribution in [3.63, 3.8) is 0 Å². The van der Waals surface area contributed by atoms with Gasteiger partial charge in [0.05, 0.1) is 11.8 Å². The number of aryl methyl sites for hydroxylation is 1. The fourth-order valence-corrected chi connectivity index (χ4v) is 2.62. The summed E-state index contributed by atoms with van der Waals surface area (Å²) in [4.78, 5) is 14.4. The van der Waals surface area contributed by atoms with E-state index in [0.717, 1.165) is 32.4 Å². The Balaban J connectivity index is 2.14. The van der Waals surface area contributed by atoms with E-state index in [4.69, 9.17) is 10.5 Å². The minimum absolute atomic E-state index is 0.0619. The molecule has 19 heavy (non-hydrogen) atoms. The Morgan fingerprint density at radius 1 is 1.58 bits per heavy atom. The van der Waals surface area contributed by atoms with Gasteiger partial charge in [-0.1, -0.05) is 6.92 Å². The fraction of sp³-hybridized carbons (Fsp3) is 0.643. The molecule has 1 saturated heterocycles. The highest BCUT2D eigenvalue weighted by Gasteiger charge is 2.26. The van der Waals surface area contributed by atoms with Gasteiger partial charge in [0.15, 0.2) is 0 Å². The molecule has 0 bridgehead atoms. The number of ether oxygens (including phenoxy) is 1. The quantitative estimate of drug-likeness (QED) is 0.902. The molecule has 0 saturated carbocycles. The van der Waals surface area contributed by atoms with Crippen molar-refractivity contribution < 1.29 is 9.53 Å². The Kier molecular flexibility index (Phi) is 4.47. The van der Waals surface area contributed by atoms with Gasteiger partial charge in [-0.3, -0.25) is 4.79 Å². The first-order valence-electron chi connectivity index (χ1n) is 6.93. The first kappa shape index (κ1) is 13.9. The van der Waals surface area contributed by atoms with E-state index in [2.05, 4.69) is 6.92 Å². The lowest BCUT2D eigenvalue weighted by Crippen LogP contribution is -2.43. The van der Waals surface area contributed by atoms with Gasteiger partial charge in [0.25, 0.3) is 5.91 Å². The number of nitrogens with two attached hydrogens (primary N) is 1. The van der Waals surface area contributed by atoms with Crippen molar-refractivity contribution in [3.8, 4) is 0 Å². The van der Waals surface area contributed by atoms with Crippen LogP contribution in [0.3, 0.4) is 0 Å². The largest absolute Gasteiger partial charge is 0.397 e. The molecular weight excluding hydrogens is 242 g/mol. The van der Waals surface area contributed by atoms with Gasteiger partial charge in [0, 0.05) is 32.9 Å². The molecule has 1 aromatic heterocycles. The number of aromatic nitrogens is 1. The van der Waals surface area contributed by atoms with Gasteiger partial charge in [-0.2, -0.15) is 0 Å². The molecule has 1 aliphatic rings. The van der Waals surface area contributed by atoms with Gasteiger partial charge in [0.2, 0.25) is 0 Å².